The van der Waals surface area contributed by atoms with Crippen molar-refractivity contribution in [3.8, 4) is 0 Å². The Balaban J connectivity index is 1.83. The number of piperazine rings is 1. The number of amides is 2. The molecule has 2 aliphatic rings. The number of nitrogens with one attached hydrogen (secondary N) is 1. The molecule has 1 aromatic carbocycles. The van der Waals surface area contributed by atoms with E-state index in [0.717, 1.165) is 4.31 Å². The summed E-state index contributed by atoms with van der Waals surface area (Å²) in [5.41, 5.74) is 6.26. The van der Waals surface area contributed by atoms with Crippen molar-refractivity contribution in [2.75, 3.05) is 32.7 Å². The predicted molar refractivity (Wildman–Crippen MR) is 100 cm³/mol. The van der Waals surface area contributed by atoms with Crippen molar-refractivity contribution in [3.63, 3.8) is 0 Å². The number of hydrogen-bond donors (Lipinski definition) is 2. The molecular weight excluding hydrogens is 368 g/mol. The van der Waals surface area contributed by atoms with Crippen molar-refractivity contribution in [2.45, 2.75) is 31.2 Å². The lowest BCUT2D eigenvalue weighted by Crippen LogP contribution is -2.54. The van der Waals surface area contributed by atoms with Crippen molar-refractivity contribution in [1.82, 2.24) is 14.5 Å². The molecule has 3 N–H and O–H groups in total. The number of carbonyl (C=O) groups is 2. The van der Waals surface area contributed by atoms with Gasteiger partial charge in [-0.3, -0.25) is 9.59 Å². The summed E-state index contributed by atoms with van der Waals surface area (Å²) in [5.74, 6) is -0.535. The summed E-state index contributed by atoms with van der Waals surface area (Å²) in [5, 5.41) is 2.60. The molecule has 3 rings (SSSR count). The number of benzene rings is 1. The Labute approximate surface area is 159 Å². The topological polar surface area (TPSA) is 113 Å². The van der Waals surface area contributed by atoms with E-state index >= 15 is 0 Å². The lowest BCUT2D eigenvalue weighted by Gasteiger charge is -2.42. The minimum absolute atomic E-state index is 0.0241. The second kappa shape index (κ2) is 7.21. The number of nitrogens with zero attached hydrogens (tertiary/aromatic N) is 2. The smallest absolute Gasteiger partial charge is 0.253 e. The standard InChI is InChI=1S/C18H26N4O4S/c1-18(2)12-21(8-6-15(18)19)17(24)13-4-3-5-14(10-13)27(25,26)22-9-7-20-16(23)11-22/h3-5,10,15H,6-9,11-12,19H2,1-2H3,(H,20,23). The molecular formula is C18H26N4O4S. The maximum atomic E-state index is 12.9. The number of carbonyl (C=O) groups excluding carboxylic acids is 2. The largest absolute Gasteiger partial charge is 0.354 e. The summed E-state index contributed by atoms with van der Waals surface area (Å²) in [6, 6.07) is 6.05. The van der Waals surface area contributed by atoms with Crippen LogP contribution in [0.1, 0.15) is 30.6 Å². The Bertz CT molecular complexity index is 853. The van der Waals surface area contributed by atoms with E-state index in [1.54, 1.807) is 17.0 Å². The van der Waals surface area contributed by atoms with Gasteiger partial charge in [0.05, 0.1) is 11.4 Å². The highest BCUT2D eigenvalue weighted by molar-refractivity contribution is 7.89. The van der Waals surface area contributed by atoms with Crippen LogP contribution in [0.5, 0.6) is 0 Å². The number of nitrogens with two attached hydrogens (primary N) is 1. The zero-order valence-electron chi connectivity index (χ0n) is 15.6. The lowest BCUT2D eigenvalue weighted by atomic mass is 9.79. The fourth-order valence-corrected chi connectivity index (χ4v) is 4.93. The molecule has 2 heterocycles. The van der Waals surface area contributed by atoms with E-state index in [4.69, 9.17) is 5.73 Å². The number of rotatable bonds is 3. The van der Waals surface area contributed by atoms with Gasteiger partial charge in [0.15, 0.2) is 0 Å². The third-order valence-corrected chi connectivity index (χ3v) is 7.16. The van der Waals surface area contributed by atoms with Crippen LogP contribution < -0.4 is 11.1 Å². The van der Waals surface area contributed by atoms with Crippen molar-refractivity contribution in [3.05, 3.63) is 29.8 Å². The highest BCUT2D eigenvalue weighted by atomic mass is 32.2. The van der Waals surface area contributed by atoms with Crippen molar-refractivity contribution < 1.29 is 18.0 Å². The quantitative estimate of drug-likeness (QED) is 0.750. The average Bonchev–Trinajstić information content (AvgIpc) is 2.63. The first-order valence-electron chi connectivity index (χ1n) is 9.03. The summed E-state index contributed by atoms with van der Waals surface area (Å²) in [6.07, 6.45) is 0.708. The maximum Gasteiger partial charge on any atom is 0.253 e. The normalized spacial score (nSPS) is 23.7. The molecule has 0 spiro atoms. The van der Waals surface area contributed by atoms with E-state index in [0.29, 0.717) is 25.1 Å². The van der Waals surface area contributed by atoms with Crippen molar-refractivity contribution in [2.24, 2.45) is 11.1 Å². The molecule has 8 nitrogen and oxygen atoms in total. The van der Waals surface area contributed by atoms with Crippen molar-refractivity contribution in [1.29, 1.82) is 0 Å². The van der Waals surface area contributed by atoms with E-state index in [1.807, 2.05) is 13.8 Å². The molecule has 1 aromatic rings. The molecule has 9 heteroatoms. The molecule has 0 aliphatic carbocycles. The van der Waals surface area contributed by atoms with Crippen LogP contribution in [0.3, 0.4) is 0 Å². The van der Waals surface area contributed by atoms with E-state index in [9.17, 15) is 18.0 Å². The Morgan fingerprint density at radius 1 is 1.30 bits per heavy atom. The van der Waals surface area contributed by atoms with Gasteiger partial charge in [-0.2, -0.15) is 4.31 Å². The van der Waals surface area contributed by atoms with Crippen LogP contribution in [0.2, 0.25) is 0 Å². The van der Waals surface area contributed by atoms with Gasteiger partial charge < -0.3 is 16.0 Å². The second-order valence-corrected chi connectivity index (χ2v) is 9.76. The SMILES string of the molecule is CC1(C)CN(C(=O)c2cccc(S(=O)(=O)N3CCNC(=O)C3)c2)CCC1N. The summed E-state index contributed by atoms with van der Waals surface area (Å²) in [4.78, 5) is 26.2. The highest BCUT2D eigenvalue weighted by Gasteiger charge is 2.36. The van der Waals surface area contributed by atoms with Gasteiger partial charge in [0, 0.05) is 37.8 Å². The van der Waals surface area contributed by atoms with Crippen LogP contribution in [0.25, 0.3) is 0 Å². The molecule has 0 radical (unpaired) electrons. The van der Waals surface area contributed by atoms with Crippen LogP contribution in [-0.4, -0.2) is 68.2 Å². The third kappa shape index (κ3) is 3.99. The zero-order chi connectivity index (χ0) is 19.8. The Kier molecular flexibility index (Phi) is 5.29. The molecule has 2 amide bonds. The first kappa shape index (κ1) is 19.8. The molecule has 2 saturated heterocycles. The third-order valence-electron chi connectivity index (χ3n) is 5.32. The van der Waals surface area contributed by atoms with E-state index < -0.39 is 10.0 Å². The van der Waals surface area contributed by atoms with Gasteiger partial charge in [0.2, 0.25) is 15.9 Å². The van der Waals surface area contributed by atoms with Gasteiger partial charge in [-0.15, -0.1) is 0 Å². The van der Waals surface area contributed by atoms with E-state index in [1.165, 1.54) is 12.1 Å². The summed E-state index contributed by atoms with van der Waals surface area (Å²) in [7, 11) is -3.83. The molecule has 2 aliphatic heterocycles. The van der Waals surface area contributed by atoms with Gasteiger partial charge in [0.1, 0.15) is 0 Å². The van der Waals surface area contributed by atoms with Crippen LogP contribution in [0.4, 0.5) is 0 Å². The minimum atomic E-state index is -3.83. The van der Waals surface area contributed by atoms with E-state index in [-0.39, 0.29) is 47.8 Å². The van der Waals surface area contributed by atoms with Gasteiger partial charge in [-0.1, -0.05) is 19.9 Å². The van der Waals surface area contributed by atoms with Gasteiger partial charge in [-0.25, -0.2) is 8.42 Å². The molecule has 1 atom stereocenters. The number of hydrogen-bond acceptors (Lipinski definition) is 5. The fraction of sp³-hybridized carbons (Fsp3) is 0.556. The summed E-state index contributed by atoms with van der Waals surface area (Å²) >= 11 is 0. The molecule has 1 unspecified atom stereocenters. The number of piperidine rings is 1. The highest BCUT2D eigenvalue weighted by Crippen LogP contribution is 2.29. The predicted octanol–water partition coefficient (Wildman–Crippen LogP) is 0.00650. The molecule has 148 valence electrons. The Morgan fingerprint density at radius 3 is 2.70 bits per heavy atom. The maximum absolute atomic E-state index is 12.9. The molecule has 2 fully saturated rings. The average molecular weight is 394 g/mol. The second-order valence-electron chi connectivity index (χ2n) is 7.83. The van der Waals surface area contributed by atoms with Crippen LogP contribution >= 0.6 is 0 Å². The lowest BCUT2D eigenvalue weighted by molar-refractivity contribution is -0.122. The fourth-order valence-electron chi connectivity index (χ4n) is 3.49. The van der Waals surface area contributed by atoms with Crippen LogP contribution in [0, 0.1) is 5.41 Å². The van der Waals surface area contributed by atoms with Gasteiger partial charge in [0.25, 0.3) is 5.91 Å². The molecule has 27 heavy (non-hydrogen) atoms. The van der Waals surface area contributed by atoms with Gasteiger partial charge in [-0.05, 0) is 30.0 Å². The number of sulfonamides is 1. The summed E-state index contributed by atoms with van der Waals surface area (Å²) in [6.45, 7) is 5.41. The summed E-state index contributed by atoms with van der Waals surface area (Å²) < 4.78 is 26.8. The molecule has 0 saturated carbocycles. The van der Waals surface area contributed by atoms with E-state index in [2.05, 4.69) is 5.32 Å². The minimum Gasteiger partial charge on any atom is -0.354 e. The van der Waals surface area contributed by atoms with Crippen LogP contribution in [0.15, 0.2) is 29.2 Å². The van der Waals surface area contributed by atoms with Crippen molar-refractivity contribution >= 4 is 21.8 Å². The number of likely N-dealkylation sites (tertiary alicyclic amines) is 1. The first-order valence-corrected chi connectivity index (χ1v) is 10.5. The monoisotopic (exact) mass is 394 g/mol. The Morgan fingerprint density at radius 2 is 2.04 bits per heavy atom. The molecule has 0 bridgehead atoms. The molecule has 0 aromatic heterocycles. The van der Waals surface area contributed by atoms with Crippen LogP contribution in [-0.2, 0) is 14.8 Å². The Hall–Kier alpha value is -1.97. The van der Waals surface area contributed by atoms with Gasteiger partial charge >= 0.3 is 0 Å². The zero-order valence-corrected chi connectivity index (χ0v) is 16.5. The first-order chi connectivity index (χ1) is 12.6.